The topological polar surface area (TPSA) is 284 Å². The Kier molecular flexibility index (Phi) is 26.8. The van der Waals surface area contributed by atoms with Crippen molar-refractivity contribution in [2.45, 2.75) is 91.8 Å². The number of para-hydroxylation sites is 3. The molecule has 8 N–H and O–H groups in total. The maximum absolute atomic E-state index is 11.9. The molecule has 0 aliphatic carbocycles. The van der Waals surface area contributed by atoms with Gasteiger partial charge >= 0.3 is 54.6 Å². The molecule has 4 heterocycles. The Hall–Kier alpha value is -9.77. The number of esters is 2. The fourth-order valence-electron chi connectivity index (χ4n) is 10.9. The van der Waals surface area contributed by atoms with Crippen LogP contribution in [0, 0.1) is 0 Å². The van der Waals surface area contributed by atoms with Gasteiger partial charge in [-0.25, -0.2) is 0 Å². The predicted molar refractivity (Wildman–Crippen MR) is 389 cm³/mol. The molecule has 0 unspecified atom stereocenters. The first kappa shape index (κ1) is 76.0. The molecule has 12 aromatic rings. The van der Waals surface area contributed by atoms with E-state index in [-0.39, 0.29) is 84.6 Å². The van der Waals surface area contributed by atoms with Gasteiger partial charge in [0.1, 0.15) is 53.8 Å². The molecule has 9 aromatic carbocycles. The molecule has 3 aromatic heterocycles. The third-order valence-electron chi connectivity index (χ3n) is 16.3. The number of aliphatic carboxylic acids is 1. The van der Waals surface area contributed by atoms with E-state index in [9.17, 15) is 14.4 Å². The molecule has 0 amide bonds. The van der Waals surface area contributed by atoms with Crippen LogP contribution >= 0.6 is 15.9 Å². The minimum Gasteiger partial charge on any atom is -0.870 e. The van der Waals surface area contributed by atoms with Crippen LogP contribution < -0.4 is 66.4 Å². The predicted octanol–water partition coefficient (Wildman–Crippen LogP) is 13.5. The molecule has 1 fully saturated rings. The molecule has 0 atom stereocenters. The van der Waals surface area contributed by atoms with Crippen LogP contribution in [0.4, 0.5) is 17.1 Å². The van der Waals surface area contributed by atoms with Gasteiger partial charge in [-0.15, -0.1) is 0 Å². The molecule has 0 bridgehead atoms. The first-order valence-electron chi connectivity index (χ1n) is 32.0. The standard InChI is InChI=1S/C25H23NO4.C23H19NO4.C19H17BrO4.C12H18BNO2.Na.H2O/c1-2-28-24(27)15-19-6-3-4-9-23(19)30-16-17-12-20-10-11-29-25(20)22(13-17)18-7-5-8-21(26)14-18;24-19-6-3-5-16(12-19)20-11-15(10-18-8-9-27-23(18)20)14-28-21-7-2-1-4-17(21)13-22(25)26;1-2-22-18(21)11-14-5-3-4-6-17(14)24-12-13-9-15-7-8-23-19(15)16(20)10-13;1-11(2)12(3,4)16-13(15-11)9-6-5-7-10(14)8-9;;/h3-14H,2,15-16,26H2,1H3;1-12H,13-14,24H2,(H,25,26);3-10H,2,11-12H2,1H3;5-8H,14H2,1-4H3;;1H2/q;;;;+1;/p-1. The van der Waals surface area contributed by atoms with Crippen molar-refractivity contribution in [2.24, 2.45) is 0 Å². The Balaban J connectivity index is 0.000000172. The van der Waals surface area contributed by atoms with E-state index in [1.165, 1.54) is 0 Å². The van der Waals surface area contributed by atoms with Crippen LogP contribution in [0.25, 0.3) is 55.2 Å². The summed E-state index contributed by atoms with van der Waals surface area (Å²) in [6.07, 6.45) is 5.31. The minimum atomic E-state index is -0.889. The van der Waals surface area contributed by atoms with Crippen molar-refractivity contribution in [1.29, 1.82) is 0 Å². The number of hydrogen-bond donors (Lipinski definition) is 4. The first-order chi connectivity index (χ1) is 47.2. The van der Waals surface area contributed by atoms with Crippen molar-refractivity contribution in [3.05, 3.63) is 257 Å². The number of rotatable bonds is 20. The zero-order chi connectivity index (χ0) is 69.3. The van der Waals surface area contributed by atoms with Gasteiger partial charge < -0.3 is 74.0 Å². The van der Waals surface area contributed by atoms with Crippen LogP contribution in [0.3, 0.4) is 0 Å². The monoisotopic (exact) mass is 1420 g/mol. The number of fused-ring (bicyclic) bond motifs is 3. The molecule has 13 rings (SSSR count). The van der Waals surface area contributed by atoms with E-state index < -0.39 is 5.97 Å². The zero-order valence-electron chi connectivity index (χ0n) is 56.8. The zero-order valence-corrected chi connectivity index (χ0v) is 60.4. The van der Waals surface area contributed by atoms with Crippen molar-refractivity contribution in [2.75, 3.05) is 30.4 Å². The molecule has 18 nitrogen and oxygen atoms in total. The number of halogens is 1. The largest absolute Gasteiger partial charge is 1.00 e. The maximum Gasteiger partial charge on any atom is 1.00 e. The molecular weight excluding hydrogens is 1340 g/mol. The SMILES string of the molecule is CC1(C)OB(c2cccc(N)c2)OC1(C)C.CCOC(=O)Cc1ccccc1OCc1cc(-c2cccc(N)c2)c2occc2c1.CCOC(=O)Cc1ccccc1OCc1cc(Br)c2occc2c1.Nc1cccc(-c2cc(COc3ccccc3CC(=O)O)cc3ccoc23)c1.[Na+].[OH-]. The molecule has 1 aliphatic heterocycles. The number of nitrogens with two attached hydrogens (primary N) is 3. The molecule has 1 aliphatic rings. The van der Waals surface area contributed by atoms with Gasteiger partial charge in [-0.2, -0.15) is 0 Å². The van der Waals surface area contributed by atoms with Crippen LogP contribution in [0.5, 0.6) is 17.2 Å². The van der Waals surface area contributed by atoms with Gasteiger partial charge in [0.2, 0.25) is 0 Å². The fraction of sp³-hybridized carbons (Fsp3) is 0.203. The van der Waals surface area contributed by atoms with Gasteiger partial charge in [0.25, 0.3) is 0 Å². The summed E-state index contributed by atoms with van der Waals surface area (Å²) in [5.74, 6) is 0.522. The van der Waals surface area contributed by atoms with E-state index >= 15 is 0 Å². The molecule has 0 saturated carbocycles. The van der Waals surface area contributed by atoms with Crippen LogP contribution in [0.15, 0.2) is 237 Å². The Labute approximate surface area is 611 Å². The molecule has 21 heteroatoms. The van der Waals surface area contributed by atoms with Gasteiger partial charge in [0.15, 0.2) is 0 Å². The fourth-order valence-corrected chi connectivity index (χ4v) is 11.5. The molecule has 1 saturated heterocycles. The van der Waals surface area contributed by atoms with Crippen molar-refractivity contribution in [3.63, 3.8) is 0 Å². The quantitative estimate of drug-likeness (QED) is 0.0313. The summed E-state index contributed by atoms with van der Waals surface area (Å²) < 4.78 is 57.6. The summed E-state index contributed by atoms with van der Waals surface area (Å²) in [6, 6.07) is 63.1. The van der Waals surface area contributed by atoms with E-state index in [4.69, 9.17) is 68.6 Å². The number of benzene rings is 9. The second-order valence-electron chi connectivity index (χ2n) is 24.1. The average molecular weight is 1420 g/mol. The van der Waals surface area contributed by atoms with Gasteiger partial charge in [0, 0.05) is 61.0 Å². The molecular formula is C79H78BBrN3NaO15. The van der Waals surface area contributed by atoms with E-state index in [1.807, 2.05) is 204 Å². The summed E-state index contributed by atoms with van der Waals surface area (Å²) in [5, 5.41) is 12.1. The maximum atomic E-state index is 11.9. The summed E-state index contributed by atoms with van der Waals surface area (Å²) in [6.45, 7) is 13.6. The van der Waals surface area contributed by atoms with Crippen LogP contribution in [0.1, 0.15) is 74.9 Å². The number of carboxylic acid groups (broad SMARTS) is 1. The van der Waals surface area contributed by atoms with Crippen molar-refractivity contribution >= 4 is 96.4 Å². The number of furan rings is 3. The number of carboxylic acids is 1. The van der Waals surface area contributed by atoms with Crippen molar-refractivity contribution in [3.8, 4) is 39.5 Å². The van der Waals surface area contributed by atoms with E-state index in [2.05, 4.69) is 22.0 Å². The average Bonchev–Trinajstić information content (AvgIpc) is 1.61. The minimum absolute atomic E-state index is 0. The third kappa shape index (κ3) is 20.0. The Morgan fingerprint density at radius 2 is 0.830 bits per heavy atom. The summed E-state index contributed by atoms with van der Waals surface area (Å²) in [4.78, 5) is 34.7. The molecule has 0 radical (unpaired) electrons. The first-order valence-corrected chi connectivity index (χ1v) is 32.8. The van der Waals surface area contributed by atoms with Crippen LogP contribution in [-0.4, -0.2) is 60.0 Å². The number of carbonyl (C=O) groups is 3. The summed E-state index contributed by atoms with van der Waals surface area (Å²) in [5.41, 5.74) is 31.6. The summed E-state index contributed by atoms with van der Waals surface area (Å²) in [7, 11) is -0.325. The Morgan fingerprint density at radius 1 is 0.460 bits per heavy atom. The number of carbonyl (C=O) groups excluding carboxylic acids is 2. The van der Waals surface area contributed by atoms with E-state index in [0.29, 0.717) is 67.2 Å². The second-order valence-corrected chi connectivity index (χ2v) is 25.0. The molecule has 0 spiro atoms. The number of nitrogen functional groups attached to an aromatic ring is 3. The van der Waals surface area contributed by atoms with Crippen LogP contribution in [0.2, 0.25) is 0 Å². The van der Waals surface area contributed by atoms with Gasteiger partial charge in [-0.1, -0.05) is 91.0 Å². The Bertz CT molecular complexity index is 4720. The van der Waals surface area contributed by atoms with Gasteiger partial charge in [-0.3, -0.25) is 14.4 Å². The number of anilines is 3. The molecule has 510 valence electrons. The van der Waals surface area contributed by atoms with Gasteiger partial charge in [0.05, 0.1) is 66.9 Å². The number of hydrogen-bond acceptors (Lipinski definition) is 17. The second kappa shape index (κ2) is 35.3. The summed E-state index contributed by atoms with van der Waals surface area (Å²) >= 11 is 3.51. The molecule has 100 heavy (non-hydrogen) atoms. The Morgan fingerprint density at radius 3 is 1.23 bits per heavy atom. The van der Waals surface area contributed by atoms with Crippen molar-refractivity contribution < 1.29 is 101 Å². The smallest absolute Gasteiger partial charge is 0.870 e. The van der Waals surface area contributed by atoms with E-state index in [0.717, 1.165) is 98.6 Å². The van der Waals surface area contributed by atoms with Crippen molar-refractivity contribution in [1.82, 2.24) is 0 Å². The number of ether oxygens (including phenoxy) is 5. The van der Waals surface area contributed by atoms with Crippen LogP contribution in [-0.2, 0) is 72.2 Å². The third-order valence-corrected chi connectivity index (χ3v) is 16.9. The normalized spacial score (nSPS) is 12.4. The van der Waals surface area contributed by atoms with E-state index in [1.54, 1.807) is 50.8 Å². The van der Waals surface area contributed by atoms with Gasteiger partial charge in [-0.05, 0) is 200 Å².